The van der Waals surface area contributed by atoms with Crippen molar-refractivity contribution in [3.8, 4) is 12.5 Å². The van der Waals surface area contributed by atoms with Gasteiger partial charge in [-0.25, -0.2) is 0 Å². The highest BCUT2D eigenvalue weighted by Gasteiger charge is 2.15. The third-order valence-electron chi connectivity index (χ3n) is 3.06. The van der Waals surface area contributed by atoms with E-state index in [2.05, 4.69) is 11.4 Å². The number of hydrogen-bond donors (Lipinski definition) is 2. The predicted molar refractivity (Wildman–Crippen MR) is 81.5 cm³/mol. The Hall–Kier alpha value is -2.57. The molecule has 0 saturated heterocycles. The fraction of sp³-hybridized carbons (Fsp3) is 0.118. The molecule has 0 atom stereocenters. The topological polar surface area (TPSA) is 55.1 Å². The molecule has 0 aromatic heterocycles. The van der Waals surface area contributed by atoms with Crippen LogP contribution in [0, 0.1) is 12.5 Å². The number of benzene rings is 2. The molecule has 100 valence electrons. The minimum absolute atomic E-state index is 0.0367. The largest absolute Gasteiger partial charge is 0.324 e. The van der Waals surface area contributed by atoms with Crippen LogP contribution in [0.3, 0.4) is 0 Å². The highest BCUT2D eigenvalue weighted by Crippen LogP contribution is 2.23. The van der Waals surface area contributed by atoms with Crippen molar-refractivity contribution in [3.05, 3.63) is 65.2 Å². The first-order chi connectivity index (χ1) is 9.76. The van der Waals surface area contributed by atoms with Gasteiger partial charge in [0.1, 0.15) is 0 Å². The maximum absolute atomic E-state index is 12.1. The van der Waals surface area contributed by atoms with E-state index in [0.29, 0.717) is 17.7 Å². The molecule has 2 rings (SSSR count). The number of carbonyl (C=O) groups is 1. The van der Waals surface area contributed by atoms with Gasteiger partial charge in [0.15, 0.2) is 5.78 Å². The molecule has 3 N–H and O–H groups in total. The van der Waals surface area contributed by atoms with Crippen LogP contribution in [0.15, 0.2) is 48.5 Å². The Morgan fingerprint density at radius 2 is 1.90 bits per heavy atom. The zero-order valence-electron chi connectivity index (χ0n) is 11.1. The number of nitrogens with two attached hydrogens (primary N) is 1. The van der Waals surface area contributed by atoms with Crippen LogP contribution in [-0.2, 0) is 6.42 Å². The van der Waals surface area contributed by atoms with E-state index in [4.69, 9.17) is 12.2 Å². The standard InChI is InChI=1S/C17H16N2O/c1-2-19-15-10-6-9-14(17(15)16(20)12-18)11-13-7-4-3-5-8-13/h1,3-10,19H,11-12,18H2. The molecule has 20 heavy (non-hydrogen) atoms. The fourth-order valence-electron chi connectivity index (χ4n) is 2.18. The summed E-state index contributed by atoms with van der Waals surface area (Å²) in [5.41, 5.74) is 8.78. The van der Waals surface area contributed by atoms with Crippen LogP contribution in [-0.4, -0.2) is 12.3 Å². The molecule has 0 unspecified atom stereocenters. The van der Waals surface area contributed by atoms with Gasteiger partial charge < -0.3 is 11.1 Å². The lowest BCUT2D eigenvalue weighted by molar-refractivity contribution is 0.100. The number of carbonyl (C=O) groups excluding carboxylic acids is 1. The maximum atomic E-state index is 12.1. The van der Waals surface area contributed by atoms with Crippen LogP contribution in [0.25, 0.3) is 0 Å². The first-order valence-electron chi connectivity index (χ1n) is 6.37. The quantitative estimate of drug-likeness (QED) is 0.495. The molecule has 2 aromatic carbocycles. The molecular weight excluding hydrogens is 248 g/mol. The summed E-state index contributed by atoms with van der Waals surface area (Å²) in [5.74, 6) is -0.116. The van der Waals surface area contributed by atoms with E-state index in [1.165, 1.54) is 0 Å². The van der Waals surface area contributed by atoms with Gasteiger partial charge in [-0.3, -0.25) is 4.79 Å². The Morgan fingerprint density at radius 3 is 2.55 bits per heavy atom. The van der Waals surface area contributed by atoms with Gasteiger partial charge in [-0.2, -0.15) is 0 Å². The zero-order valence-corrected chi connectivity index (χ0v) is 11.1. The van der Waals surface area contributed by atoms with Gasteiger partial charge in [0.2, 0.25) is 0 Å². The maximum Gasteiger partial charge on any atom is 0.178 e. The van der Waals surface area contributed by atoms with E-state index in [1.807, 2.05) is 42.5 Å². The Kier molecular flexibility index (Phi) is 4.54. The average molecular weight is 264 g/mol. The molecule has 0 saturated carbocycles. The van der Waals surface area contributed by atoms with Crippen LogP contribution >= 0.6 is 0 Å². The van der Waals surface area contributed by atoms with Gasteiger partial charge in [-0.1, -0.05) is 48.9 Å². The van der Waals surface area contributed by atoms with Crippen LogP contribution < -0.4 is 11.1 Å². The second-order valence-corrected chi connectivity index (χ2v) is 4.40. The third kappa shape index (κ3) is 3.05. The predicted octanol–water partition coefficient (Wildman–Crippen LogP) is 2.42. The van der Waals surface area contributed by atoms with Crippen molar-refractivity contribution >= 4 is 11.5 Å². The second-order valence-electron chi connectivity index (χ2n) is 4.40. The molecule has 0 heterocycles. The van der Waals surface area contributed by atoms with E-state index in [9.17, 15) is 4.79 Å². The van der Waals surface area contributed by atoms with Gasteiger partial charge in [-0.05, 0) is 23.6 Å². The normalized spacial score (nSPS) is 9.80. The van der Waals surface area contributed by atoms with Gasteiger partial charge in [0.25, 0.3) is 0 Å². The minimum atomic E-state index is -0.116. The SMILES string of the molecule is C#CNc1cccc(Cc2ccccc2)c1C(=O)CN. The molecule has 0 aliphatic heterocycles. The lowest BCUT2D eigenvalue weighted by atomic mass is 9.95. The Bertz CT molecular complexity index is 642. The number of terminal acetylenes is 1. The highest BCUT2D eigenvalue weighted by molar-refractivity contribution is 6.04. The molecule has 0 radical (unpaired) electrons. The van der Waals surface area contributed by atoms with E-state index >= 15 is 0 Å². The van der Waals surface area contributed by atoms with Crippen LogP contribution in [0.1, 0.15) is 21.5 Å². The van der Waals surface area contributed by atoms with E-state index in [-0.39, 0.29) is 12.3 Å². The number of hydrogen-bond acceptors (Lipinski definition) is 3. The molecule has 3 nitrogen and oxygen atoms in total. The Morgan fingerprint density at radius 1 is 1.15 bits per heavy atom. The fourth-order valence-corrected chi connectivity index (χ4v) is 2.18. The Balaban J connectivity index is 2.44. The molecular formula is C17H16N2O. The van der Waals surface area contributed by atoms with Crippen molar-refractivity contribution in [2.45, 2.75) is 6.42 Å². The number of nitrogens with one attached hydrogen (secondary N) is 1. The third-order valence-corrected chi connectivity index (χ3v) is 3.06. The van der Waals surface area contributed by atoms with Crippen LogP contribution in [0.2, 0.25) is 0 Å². The summed E-state index contributed by atoms with van der Waals surface area (Å²) < 4.78 is 0. The van der Waals surface area contributed by atoms with Crippen molar-refractivity contribution in [1.82, 2.24) is 0 Å². The molecule has 0 bridgehead atoms. The first-order valence-corrected chi connectivity index (χ1v) is 6.37. The van der Waals surface area contributed by atoms with Crippen LogP contribution in [0.4, 0.5) is 5.69 Å². The summed E-state index contributed by atoms with van der Waals surface area (Å²) in [6, 6.07) is 17.9. The first kappa shape index (κ1) is 13.9. The van der Waals surface area contributed by atoms with Gasteiger partial charge in [0.05, 0.1) is 12.2 Å². The number of ketones is 1. The highest BCUT2D eigenvalue weighted by atomic mass is 16.1. The van der Waals surface area contributed by atoms with Crippen molar-refractivity contribution in [2.24, 2.45) is 5.73 Å². The van der Waals surface area contributed by atoms with Gasteiger partial charge in [-0.15, -0.1) is 0 Å². The lowest BCUT2D eigenvalue weighted by Gasteiger charge is -2.12. The smallest absolute Gasteiger partial charge is 0.178 e. The van der Waals surface area contributed by atoms with Crippen LogP contribution in [0.5, 0.6) is 0 Å². The average Bonchev–Trinajstić information content (AvgIpc) is 2.48. The van der Waals surface area contributed by atoms with Crippen molar-refractivity contribution in [3.63, 3.8) is 0 Å². The summed E-state index contributed by atoms with van der Waals surface area (Å²) in [5, 5.41) is 2.77. The number of rotatable bonds is 5. The van der Waals surface area contributed by atoms with E-state index in [1.54, 1.807) is 6.07 Å². The van der Waals surface area contributed by atoms with Gasteiger partial charge in [0, 0.05) is 11.6 Å². The molecule has 0 aliphatic rings. The van der Waals surface area contributed by atoms with Crippen molar-refractivity contribution in [2.75, 3.05) is 11.9 Å². The molecule has 0 fully saturated rings. The van der Waals surface area contributed by atoms with E-state index < -0.39 is 0 Å². The van der Waals surface area contributed by atoms with Crippen molar-refractivity contribution < 1.29 is 4.79 Å². The van der Waals surface area contributed by atoms with Crippen molar-refractivity contribution in [1.29, 1.82) is 0 Å². The number of anilines is 1. The molecule has 3 heteroatoms. The second kappa shape index (κ2) is 6.55. The summed E-state index contributed by atoms with van der Waals surface area (Å²) in [6.45, 7) is -0.0367. The summed E-state index contributed by atoms with van der Waals surface area (Å²) >= 11 is 0. The summed E-state index contributed by atoms with van der Waals surface area (Å²) in [7, 11) is 0. The minimum Gasteiger partial charge on any atom is -0.324 e. The summed E-state index contributed by atoms with van der Waals surface area (Å²) in [4.78, 5) is 12.1. The molecule has 0 amide bonds. The summed E-state index contributed by atoms with van der Waals surface area (Å²) in [6.07, 6.45) is 5.94. The molecule has 0 spiro atoms. The number of Topliss-reactive ketones (excluding diaryl/α,β-unsaturated/α-hetero) is 1. The van der Waals surface area contributed by atoms with E-state index in [0.717, 1.165) is 11.1 Å². The monoisotopic (exact) mass is 264 g/mol. The molecule has 2 aromatic rings. The molecule has 0 aliphatic carbocycles. The Labute approximate surface area is 118 Å². The van der Waals surface area contributed by atoms with Gasteiger partial charge >= 0.3 is 0 Å². The zero-order chi connectivity index (χ0) is 14.4. The lowest BCUT2D eigenvalue weighted by Crippen LogP contribution is -2.17.